The smallest absolute Gasteiger partial charge is 0.238 e. The first-order chi connectivity index (χ1) is 11.9. The lowest BCUT2D eigenvalue weighted by atomic mass is 9.78. The Balaban J connectivity index is 1.95. The van der Waals surface area contributed by atoms with Crippen molar-refractivity contribution in [1.29, 1.82) is 0 Å². The topological polar surface area (TPSA) is 46.6 Å². The number of Topliss-reactive ketones (excluding diaryl/α,β-unsaturated/α-hetero) is 1. The van der Waals surface area contributed by atoms with E-state index in [2.05, 4.69) is 0 Å². The fourth-order valence-electron chi connectivity index (χ4n) is 3.52. The number of hydrogen-bond acceptors (Lipinski definition) is 3. The number of amides is 1. The SMILES string of the molecule is COc1ccc(C(=O)C[C@]2(C)C(=O)N(C(C)C)c3ccccc32)cc1. The zero-order valence-corrected chi connectivity index (χ0v) is 15.1. The van der Waals surface area contributed by atoms with Gasteiger partial charge in [0, 0.05) is 23.7 Å². The Morgan fingerprint density at radius 3 is 2.36 bits per heavy atom. The summed E-state index contributed by atoms with van der Waals surface area (Å²) in [5.41, 5.74) is 1.59. The van der Waals surface area contributed by atoms with Crippen molar-refractivity contribution in [2.75, 3.05) is 12.0 Å². The Morgan fingerprint density at radius 1 is 1.12 bits per heavy atom. The van der Waals surface area contributed by atoms with Crippen molar-refractivity contribution < 1.29 is 14.3 Å². The van der Waals surface area contributed by atoms with Gasteiger partial charge in [-0.05, 0) is 56.7 Å². The van der Waals surface area contributed by atoms with E-state index in [1.54, 1.807) is 36.3 Å². The van der Waals surface area contributed by atoms with E-state index in [1.165, 1.54) is 0 Å². The van der Waals surface area contributed by atoms with Gasteiger partial charge in [-0.1, -0.05) is 18.2 Å². The molecule has 2 aromatic rings. The predicted octanol–water partition coefficient (Wildman–Crippen LogP) is 3.98. The van der Waals surface area contributed by atoms with Crippen LogP contribution in [0.3, 0.4) is 0 Å². The molecule has 0 radical (unpaired) electrons. The highest BCUT2D eigenvalue weighted by Gasteiger charge is 2.49. The number of carbonyl (C=O) groups is 2. The van der Waals surface area contributed by atoms with Crippen LogP contribution in [0.5, 0.6) is 5.75 Å². The number of ether oxygens (including phenoxy) is 1. The summed E-state index contributed by atoms with van der Waals surface area (Å²) in [5, 5.41) is 0. The van der Waals surface area contributed by atoms with Gasteiger partial charge in [-0.2, -0.15) is 0 Å². The molecule has 1 amide bonds. The van der Waals surface area contributed by atoms with Gasteiger partial charge in [0.1, 0.15) is 5.75 Å². The summed E-state index contributed by atoms with van der Waals surface area (Å²) in [5.74, 6) is 0.653. The molecule has 0 fully saturated rings. The highest BCUT2D eigenvalue weighted by Crippen LogP contribution is 2.45. The maximum absolute atomic E-state index is 13.1. The van der Waals surface area contributed by atoms with Crippen molar-refractivity contribution in [3.8, 4) is 5.75 Å². The molecular formula is C21H23NO3. The highest BCUT2D eigenvalue weighted by atomic mass is 16.5. The average Bonchev–Trinajstić information content (AvgIpc) is 2.83. The van der Waals surface area contributed by atoms with E-state index in [9.17, 15) is 9.59 Å². The Labute approximate surface area is 148 Å². The summed E-state index contributed by atoms with van der Waals surface area (Å²) in [6.07, 6.45) is 0.151. The zero-order valence-electron chi connectivity index (χ0n) is 15.1. The molecule has 130 valence electrons. The van der Waals surface area contributed by atoms with Gasteiger partial charge in [0.05, 0.1) is 12.5 Å². The second-order valence-electron chi connectivity index (χ2n) is 6.95. The molecule has 0 saturated carbocycles. The van der Waals surface area contributed by atoms with Crippen molar-refractivity contribution >= 4 is 17.4 Å². The molecule has 1 atom stereocenters. The van der Waals surface area contributed by atoms with Crippen LogP contribution in [0, 0.1) is 0 Å². The molecule has 0 unspecified atom stereocenters. The molecule has 1 aliphatic rings. The summed E-state index contributed by atoms with van der Waals surface area (Å²) in [6.45, 7) is 5.86. The van der Waals surface area contributed by atoms with Crippen LogP contribution in [0.1, 0.15) is 43.1 Å². The highest BCUT2D eigenvalue weighted by molar-refractivity contribution is 6.11. The van der Waals surface area contributed by atoms with Crippen molar-refractivity contribution in [2.24, 2.45) is 0 Å². The number of anilines is 1. The molecule has 0 aromatic heterocycles. The van der Waals surface area contributed by atoms with Gasteiger partial charge >= 0.3 is 0 Å². The van der Waals surface area contributed by atoms with Crippen LogP contribution in [-0.2, 0) is 10.2 Å². The number of benzene rings is 2. The second kappa shape index (κ2) is 6.36. The van der Waals surface area contributed by atoms with E-state index >= 15 is 0 Å². The van der Waals surface area contributed by atoms with Gasteiger partial charge in [-0.15, -0.1) is 0 Å². The number of rotatable bonds is 5. The molecule has 1 aliphatic heterocycles. The van der Waals surface area contributed by atoms with Crippen LogP contribution in [0.25, 0.3) is 0 Å². The largest absolute Gasteiger partial charge is 0.497 e. The first kappa shape index (κ1) is 17.2. The van der Waals surface area contributed by atoms with Gasteiger partial charge in [0.25, 0.3) is 0 Å². The van der Waals surface area contributed by atoms with E-state index in [1.807, 2.05) is 45.0 Å². The second-order valence-corrected chi connectivity index (χ2v) is 6.95. The van der Waals surface area contributed by atoms with Crippen LogP contribution >= 0.6 is 0 Å². The number of para-hydroxylation sites is 1. The molecule has 0 saturated heterocycles. The monoisotopic (exact) mass is 337 g/mol. The number of methoxy groups -OCH3 is 1. The average molecular weight is 337 g/mol. The van der Waals surface area contributed by atoms with E-state index in [4.69, 9.17) is 4.74 Å². The summed E-state index contributed by atoms with van der Waals surface area (Å²) in [4.78, 5) is 27.8. The van der Waals surface area contributed by atoms with E-state index in [0.29, 0.717) is 11.3 Å². The quantitative estimate of drug-likeness (QED) is 0.775. The summed E-state index contributed by atoms with van der Waals surface area (Å²) >= 11 is 0. The minimum Gasteiger partial charge on any atom is -0.497 e. The normalized spacial score (nSPS) is 19.2. The Kier molecular flexibility index (Phi) is 4.38. The van der Waals surface area contributed by atoms with E-state index in [0.717, 1.165) is 11.3 Å². The van der Waals surface area contributed by atoms with Gasteiger partial charge < -0.3 is 9.64 Å². The maximum Gasteiger partial charge on any atom is 0.238 e. The molecule has 1 heterocycles. The molecule has 0 N–H and O–H groups in total. The van der Waals surface area contributed by atoms with Crippen LogP contribution in [-0.4, -0.2) is 24.8 Å². The fraction of sp³-hybridized carbons (Fsp3) is 0.333. The Bertz CT molecular complexity index is 810. The zero-order chi connectivity index (χ0) is 18.2. The third kappa shape index (κ3) is 2.82. The molecular weight excluding hydrogens is 314 g/mol. The summed E-state index contributed by atoms with van der Waals surface area (Å²) in [7, 11) is 1.59. The van der Waals surface area contributed by atoms with Crippen molar-refractivity contribution in [1.82, 2.24) is 0 Å². The molecule has 0 aliphatic carbocycles. The summed E-state index contributed by atoms with van der Waals surface area (Å²) in [6, 6.07) is 14.8. The van der Waals surface area contributed by atoms with Crippen molar-refractivity contribution in [3.05, 3.63) is 59.7 Å². The first-order valence-corrected chi connectivity index (χ1v) is 8.49. The van der Waals surface area contributed by atoms with Crippen LogP contribution in [0.15, 0.2) is 48.5 Å². The van der Waals surface area contributed by atoms with Gasteiger partial charge in [-0.25, -0.2) is 0 Å². The van der Waals surface area contributed by atoms with E-state index < -0.39 is 5.41 Å². The number of hydrogen-bond donors (Lipinski definition) is 0. The fourth-order valence-corrected chi connectivity index (χ4v) is 3.52. The van der Waals surface area contributed by atoms with Crippen molar-refractivity contribution in [2.45, 2.75) is 38.6 Å². The van der Waals surface area contributed by atoms with Gasteiger partial charge in [0.2, 0.25) is 5.91 Å². The molecule has 25 heavy (non-hydrogen) atoms. The van der Waals surface area contributed by atoms with E-state index in [-0.39, 0.29) is 24.2 Å². The lowest BCUT2D eigenvalue weighted by Gasteiger charge is -2.26. The first-order valence-electron chi connectivity index (χ1n) is 8.49. The summed E-state index contributed by atoms with van der Waals surface area (Å²) < 4.78 is 5.13. The Morgan fingerprint density at radius 2 is 1.76 bits per heavy atom. The van der Waals surface area contributed by atoms with Crippen LogP contribution < -0.4 is 9.64 Å². The van der Waals surface area contributed by atoms with Crippen molar-refractivity contribution in [3.63, 3.8) is 0 Å². The Hall–Kier alpha value is -2.62. The number of nitrogens with zero attached hydrogens (tertiary/aromatic N) is 1. The predicted molar refractivity (Wildman–Crippen MR) is 98.4 cm³/mol. The third-order valence-electron chi connectivity index (χ3n) is 4.89. The minimum absolute atomic E-state index is 0.00874. The van der Waals surface area contributed by atoms with Crippen LogP contribution in [0.2, 0.25) is 0 Å². The number of ketones is 1. The van der Waals surface area contributed by atoms with Gasteiger partial charge in [0.15, 0.2) is 5.78 Å². The molecule has 0 spiro atoms. The molecule has 4 heteroatoms. The van der Waals surface area contributed by atoms with Gasteiger partial charge in [-0.3, -0.25) is 9.59 Å². The number of fused-ring (bicyclic) bond motifs is 1. The lowest BCUT2D eigenvalue weighted by Crippen LogP contribution is -2.42. The minimum atomic E-state index is -0.835. The molecule has 2 aromatic carbocycles. The van der Waals surface area contributed by atoms with Crippen LogP contribution in [0.4, 0.5) is 5.69 Å². The molecule has 3 rings (SSSR count). The third-order valence-corrected chi connectivity index (χ3v) is 4.89. The molecule has 4 nitrogen and oxygen atoms in total. The number of carbonyl (C=O) groups excluding carboxylic acids is 2. The lowest BCUT2D eigenvalue weighted by molar-refractivity contribution is -0.122. The maximum atomic E-state index is 13.1. The molecule has 0 bridgehead atoms. The standard InChI is InChI=1S/C21H23NO3/c1-14(2)22-18-8-6-5-7-17(18)21(3,20(22)24)13-19(23)15-9-11-16(25-4)12-10-15/h5-12,14H,13H2,1-4H3/t21-/m0/s1.